The molecule has 0 aromatic heterocycles. The normalized spacial score (nSPS) is 19.9. The SMILES string of the molecule is CC(=O)N1CCOc2ccc(S(=O)(=O)N3CCCC3c3cccc(C)c3)cc21. The van der Waals surface area contributed by atoms with E-state index in [-0.39, 0.29) is 16.8 Å². The monoisotopic (exact) mass is 400 g/mol. The van der Waals surface area contributed by atoms with Crippen LogP contribution in [0.1, 0.15) is 36.9 Å². The average molecular weight is 401 g/mol. The van der Waals surface area contributed by atoms with Crippen LogP contribution in [0.25, 0.3) is 0 Å². The van der Waals surface area contributed by atoms with Crippen LogP contribution in [0.3, 0.4) is 0 Å². The number of carbonyl (C=O) groups excluding carboxylic acids is 1. The van der Waals surface area contributed by atoms with E-state index in [2.05, 4.69) is 6.07 Å². The summed E-state index contributed by atoms with van der Waals surface area (Å²) in [4.78, 5) is 13.7. The number of nitrogens with zero attached hydrogens (tertiary/aromatic N) is 2. The lowest BCUT2D eigenvalue weighted by molar-refractivity contribution is -0.116. The van der Waals surface area contributed by atoms with Gasteiger partial charge < -0.3 is 9.64 Å². The topological polar surface area (TPSA) is 66.9 Å². The number of aryl methyl sites for hydroxylation is 1. The van der Waals surface area contributed by atoms with Crippen molar-refractivity contribution in [1.29, 1.82) is 0 Å². The van der Waals surface area contributed by atoms with Crippen LogP contribution in [-0.4, -0.2) is 38.3 Å². The van der Waals surface area contributed by atoms with E-state index in [9.17, 15) is 13.2 Å². The number of hydrogen-bond acceptors (Lipinski definition) is 4. The molecule has 1 atom stereocenters. The summed E-state index contributed by atoms with van der Waals surface area (Å²) in [6.45, 7) is 4.80. The molecule has 2 aliphatic heterocycles. The molecule has 148 valence electrons. The van der Waals surface area contributed by atoms with Crippen LogP contribution in [0.5, 0.6) is 5.75 Å². The molecular formula is C21H24N2O4S. The summed E-state index contributed by atoms with van der Waals surface area (Å²) >= 11 is 0. The molecule has 2 heterocycles. The number of rotatable bonds is 3. The predicted molar refractivity (Wildman–Crippen MR) is 107 cm³/mol. The van der Waals surface area contributed by atoms with Gasteiger partial charge in [-0.1, -0.05) is 29.8 Å². The fourth-order valence-electron chi connectivity index (χ4n) is 4.06. The van der Waals surface area contributed by atoms with Crippen LogP contribution in [0.15, 0.2) is 47.4 Å². The van der Waals surface area contributed by atoms with Crippen molar-refractivity contribution in [2.24, 2.45) is 0 Å². The van der Waals surface area contributed by atoms with Crippen molar-refractivity contribution in [3.05, 3.63) is 53.6 Å². The molecule has 1 fully saturated rings. The molecule has 1 saturated heterocycles. The van der Waals surface area contributed by atoms with Gasteiger partial charge in [0.25, 0.3) is 0 Å². The van der Waals surface area contributed by atoms with Crippen molar-refractivity contribution in [3.8, 4) is 5.75 Å². The Bertz CT molecular complexity index is 1020. The van der Waals surface area contributed by atoms with Crippen molar-refractivity contribution < 1.29 is 17.9 Å². The predicted octanol–water partition coefficient (Wildman–Crippen LogP) is 3.27. The summed E-state index contributed by atoms with van der Waals surface area (Å²) in [6, 6.07) is 12.6. The second-order valence-corrected chi connectivity index (χ2v) is 9.23. The first-order valence-corrected chi connectivity index (χ1v) is 11.0. The second-order valence-electron chi connectivity index (χ2n) is 7.34. The van der Waals surface area contributed by atoms with Gasteiger partial charge in [-0.15, -0.1) is 0 Å². The highest BCUT2D eigenvalue weighted by atomic mass is 32.2. The average Bonchev–Trinajstić information content (AvgIpc) is 3.17. The zero-order valence-electron chi connectivity index (χ0n) is 16.1. The molecule has 6 nitrogen and oxygen atoms in total. The van der Waals surface area contributed by atoms with Crippen molar-refractivity contribution >= 4 is 21.6 Å². The fraction of sp³-hybridized carbons (Fsp3) is 0.381. The van der Waals surface area contributed by atoms with E-state index in [4.69, 9.17) is 4.74 Å². The minimum atomic E-state index is -3.69. The van der Waals surface area contributed by atoms with E-state index in [1.807, 2.05) is 25.1 Å². The molecule has 2 aliphatic rings. The molecule has 2 aromatic carbocycles. The van der Waals surface area contributed by atoms with Gasteiger partial charge in [-0.05, 0) is 43.5 Å². The number of ether oxygens (including phenoxy) is 1. The smallest absolute Gasteiger partial charge is 0.243 e. The Kier molecular flexibility index (Phi) is 4.89. The lowest BCUT2D eigenvalue weighted by atomic mass is 10.0. The largest absolute Gasteiger partial charge is 0.490 e. The molecule has 7 heteroatoms. The maximum absolute atomic E-state index is 13.4. The van der Waals surface area contributed by atoms with Gasteiger partial charge in [0.2, 0.25) is 15.9 Å². The highest BCUT2D eigenvalue weighted by Crippen LogP contribution is 2.39. The van der Waals surface area contributed by atoms with Gasteiger partial charge in [-0.25, -0.2) is 8.42 Å². The van der Waals surface area contributed by atoms with Crippen LogP contribution in [0.2, 0.25) is 0 Å². The van der Waals surface area contributed by atoms with Crippen LogP contribution < -0.4 is 9.64 Å². The van der Waals surface area contributed by atoms with Gasteiger partial charge in [0, 0.05) is 13.5 Å². The number of fused-ring (bicyclic) bond motifs is 1. The molecule has 0 radical (unpaired) electrons. The Morgan fingerprint density at radius 1 is 1.14 bits per heavy atom. The number of hydrogen-bond donors (Lipinski definition) is 0. The van der Waals surface area contributed by atoms with Gasteiger partial charge >= 0.3 is 0 Å². The van der Waals surface area contributed by atoms with E-state index in [1.54, 1.807) is 27.4 Å². The summed E-state index contributed by atoms with van der Waals surface area (Å²) in [5.74, 6) is 0.412. The van der Waals surface area contributed by atoms with E-state index >= 15 is 0 Å². The number of sulfonamides is 1. The van der Waals surface area contributed by atoms with Gasteiger partial charge in [0.05, 0.1) is 23.2 Å². The minimum absolute atomic E-state index is 0.127. The van der Waals surface area contributed by atoms with Crippen LogP contribution >= 0.6 is 0 Å². The van der Waals surface area contributed by atoms with Crippen molar-refractivity contribution in [1.82, 2.24) is 4.31 Å². The lowest BCUT2D eigenvalue weighted by Crippen LogP contribution is -2.37. The van der Waals surface area contributed by atoms with Gasteiger partial charge in [0.1, 0.15) is 12.4 Å². The molecule has 0 bridgehead atoms. The Morgan fingerprint density at radius 3 is 2.71 bits per heavy atom. The molecule has 28 heavy (non-hydrogen) atoms. The molecule has 0 N–H and O–H groups in total. The second kappa shape index (κ2) is 7.22. The van der Waals surface area contributed by atoms with Gasteiger partial charge in [-0.3, -0.25) is 4.79 Å². The van der Waals surface area contributed by atoms with E-state index in [0.717, 1.165) is 24.0 Å². The first-order chi connectivity index (χ1) is 13.4. The molecule has 1 unspecified atom stereocenters. The minimum Gasteiger partial charge on any atom is -0.490 e. The number of anilines is 1. The van der Waals surface area contributed by atoms with E-state index in [1.165, 1.54) is 6.92 Å². The number of benzene rings is 2. The van der Waals surface area contributed by atoms with Crippen molar-refractivity contribution in [2.45, 2.75) is 37.6 Å². The third-order valence-corrected chi connectivity index (χ3v) is 7.32. The summed E-state index contributed by atoms with van der Waals surface area (Å²) < 4.78 is 34.1. The first-order valence-electron chi connectivity index (χ1n) is 9.51. The Morgan fingerprint density at radius 2 is 1.96 bits per heavy atom. The van der Waals surface area contributed by atoms with E-state index in [0.29, 0.717) is 31.1 Å². The Labute approximate surface area is 165 Å². The van der Waals surface area contributed by atoms with E-state index < -0.39 is 10.0 Å². The zero-order chi connectivity index (χ0) is 19.9. The van der Waals surface area contributed by atoms with Crippen molar-refractivity contribution in [3.63, 3.8) is 0 Å². The maximum Gasteiger partial charge on any atom is 0.243 e. The molecule has 0 aliphatic carbocycles. The number of amides is 1. The third kappa shape index (κ3) is 3.29. The number of carbonyl (C=O) groups is 1. The zero-order valence-corrected chi connectivity index (χ0v) is 16.9. The molecule has 2 aromatic rings. The molecule has 0 spiro atoms. The maximum atomic E-state index is 13.4. The van der Waals surface area contributed by atoms with Crippen LogP contribution in [-0.2, 0) is 14.8 Å². The summed E-state index contributed by atoms with van der Waals surface area (Å²) in [5, 5.41) is 0. The van der Waals surface area contributed by atoms with Gasteiger partial charge in [0.15, 0.2) is 0 Å². The molecule has 4 rings (SSSR count). The highest BCUT2D eigenvalue weighted by molar-refractivity contribution is 7.89. The molecule has 1 amide bonds. The summed E-state index contributed by atoms with van der Waals surface area (Å²) in [5.41, 5.74) is 2.66. The van der Waals surface area contributed by atoms with Crippen LogP contribution in [0, 0.1) is 6.92 Å². The first kappa shape index (κ1) is 19.0. The van der Waals surface area contributed by atoms with Gasteiger partial charge in [-0.2, -0.15) is 4.31 Å². The summed E-state index contributed by atoms with van der Waals surface area (Å²) in [7, 11) is -3.69. The highest BCUT2D eigenvalue weighted by Gasteiger charge is 2.37. The lowest BCUT2D eigenvalue weighted by Gasteiger charge is -2.30. The van der Waals surface area contributed by atoms with Crippen molar-refractivity contribution in [2.75, 3.05) is 24.6 Å². The molecular weight excluding hydrogens is 376 g/mol. The Balaban J connectivity index is 1.72. The third-order valence-electron chi connectivity index (χ3n) is 5.41. The quantitative estimate of drug-likeness (QED) is 0.793. The van der Waals surface area contributed by atoms with Crippen LogP contribution in [0.4, 0.5) is 5.69 Å². The standard InChI is InChI=1S/C21H24N2O4S/c1-15-5-3-6-17(13-15)19-7-4-10-23(19)28(25,26)18-8-9-21-20(14-18)22(16(2)24)11-12-27-21/h3,5-6,8-9,13-14,19H,4,7,10-12H2,1-2H3. The summed E-state index contributed by atoms with van der Waals surface area (Å²) in [6.07, 6.45) is 1.63. The molecule has 0 saturated carbocycles. The fourth-order valence-corrected chi connectivity index (χ4v) is 5.76. The Hall–Kier alpha value is -2.38.